The molecule has 1 saturated heterocycles. The first kappa shape index (κ1) is 15.1. The summed E-state index contributed by atoms with van der Waals surface area (Å²) < 4.78 is 0. The van der Waals surface area contributed by atoms with Crippen molar-refractivity contribution in [3.05, 3.63) is 35.9 Å². The van der Waals surface area contributed by atoms with Crippen molar-refractivity contribution in [3.63, 3.8) is 0 Å². The maximum Gasteiger partial charge on any atom is 0.0233 e. The summed E-state index contributed by atoms with van der Waals surface area (Å²) in [6, 6.07) is 12.4. The van der Waals surface area contributed by atoms with Crippen LogP contribution in [-0.4, -0.2) is 30.1 Å². The van der Waals surface area contributed by atoms with E-state index in [-0.39, 0.29) is 0 Å². The molecule has 2 nitrogen and oxygen atoms in total. The average Bonchev–Trinajstić information content (AvgIpc) is 2.50. The molecule has 0 aromatic heterocycles. The first-order valence-electron chi connectivity index (χ1n) is 8.82. The molecular weight excluding hydrogens is 256 g/mol. The molecule has 1 aliphatic carbocycles. The van der Waals surface area contributed by atoms with Crippen LogP contribution in [0.25, 0.3) is 0 Å². The van der Waals surface area contributed by atoms with Gasteiger partial charge in [-0.1, -0.05) is 50.1 Å². The lowest BCUT2D eigenvalue weighted by Gasteiger charge is -2.36. The van der Waals surface area contributed by atoms with Crippen molar-refractivity contribution < 1.29 is 0 Å². The van der Waals surface area contributed by atoms with Gasteiger partial charge in [-0.05, 0) is 50.3 Å². The molecule has 0 bridgehead atoms. The van der Waals surface area contributed by atoms with Crippen LogP contribution in [0.15, 0.2) is 30.3 Å². The van der Waals surface area contributed by atoms with Crippen molar-refractivity contribution in [2.75, 3.05) is 13.1 Å². The molecule has 2 heteroatoms. The standard InChI is InChI=1S/C19H30N2/c1-16-6-5-9-19(14-16)20-18-10-12-21(13-11-18)15-17-7-3-2-4-8-17/h2-4,7-8,16,18-20H,5-6,9-15H2,1H3/t16-,19-/m0/s1. The van der Waals surface area contributed by atoms with Crippen molar-refractivity contribution in [1.29, 1.82) is 0 Å². The number of likely N-dealkylation sites (tertiary alicyclic amines) is 1. The van der Waals surface area contributed by atoms with Crippen molar-refractivity contribution in [1.82, 2.24) is 10.2 Å². The number of benzene rings is 1. The Balaban J connectivity index is 1.40. The number of nitrogens with zero attached hydrogens (tertiary/aromatic N) is 1. The van der Waals surface area contributed by atoms with E-state index in [0.717, 1.165) is 24.5 Å². The molecule has 1 aromatic rings. The van der Waals surface area contributed by atoms with E-state index in [2.05, 4.69) is 47.5 Å². The van der Waals surface area contributed by atoms with Crippen LogP contribution in [0.1, 0.15) is 51.0 Å². The van der Waals surface area contributed by atoms with Crippen LogP contribution in [0.3, 0.4) is 0 Å². The highest BCUT2D eigenvalue weighted by Crippen LogP contribution is 2.25. The van der Waals surface area contributed by atoms with E-state index in [9.17, 15) is 0 Å². The van der Waals surface area contributed by atoms with Gasteiger partial charge in [-0.2, -0.15) is 0 Å². The summed E-state index contributed by atoms with van der Waals surface area (Å²) in [4.78, 5) is 2.61. The zero-order chi connectivity index (χ0) is 14.5. The topological polar surface area (TPSA) is 15.3 Å². The molecule has 1 heterocycles. The highest BCUT2D eigenvalue weighted by Gasteiger charge is 2.24. The summed E-state index contributed by atoms with van der Waals surface area (Å²) >= 11 is 0. The van der Waals surface area contributed by atoms with Crippen molar-refractivity contribution in [3.8, 4) is 0 Å². The zero-order valence-corrected chi connectivity index (χ0v) is 13.4. The maximum absolute atomic E-state index is 3.95. The third-order valence-electron chi connectivity index (χ3n) is 5.24. The Kier molecular flexibility index (Phi) is 5.32. The number of nitrogens with one attached hydrogen (secondary N) is 1. The summed E-state index contributed by atoms with van der Waals surface area (Å²) in [6.45, 7) is 6.02. The first-order valence-corrected chi connectivity index (χ1v) is 8.82. The minimum absolute atomic E-state index is 0.757. The van der Waals surface area contributed by atoms with E-state index in [1.807, 2.05) is 0 Å². The van der Waals surface area contributed by atoms with Gasteiger partial charge in [0.15, 0.2) is 0 Å². The second-order valence-corrected chi connectivity index (χ2v) is 7.17. The van der Waals surface area contributed by atoms with Crippen LogP contribution in [0.5, 0.6) is 0 Å². The fraction of sp³-hybridized carbons (Fsp3) is 0.684. The number of hydrogen-bond donors (Lipinski definition) is 1. The molecule has 1 saturated carbocycles. The summed E-state index contributed by atoms with van der Waals surface area (Å²) in [5.41, 5.74) is 1.45. The largest absolute Gasteiger partial charge is 0.311 e. The Morgan fingerprint density at radius 2 is 1.76 bits per heavy atom. The van der Waals surface area contributed by atoms with E-state index in [1.54, 1.807) is 0 Å². The van der Waals surface area contributed by atoms with Crippen molar-refractivity contribution in [2.24, 2.45) is 5.92 Å². The number of piperidine rings is 1. The van der Waals surface area contributed by atoms with Crippen LogP contribution < -0.4 is 5.32 Å². The van der Waals surface area contributed by atoms with Crippen LogP contribution in [-0.2, 0) is 6.54 Å². The van der Waals surface area contributed by atoms with Gasteiger partial charge < -0.3 is 5.32 Å². The Morgan fingerprint density at radius 1 is 1.00 bits per heavy atom. The highest BCUT2D eigenvalue weighted by atomic mass is 15.1. The quantitative estimate of drug-likeness (QED) is 0.905. The lowest BCUT2D eigenvalue weighted by Crippen LogP contribution is -2.47. The Labute approximate surface area is 129 Å². The highest BCUT2D eigenvalue weighted by molar-refractivity contribution is 5.14. The van der Waals surface area contributed by atoms with Gasteiger partial charge >= 0.3 is 0 Å². The summed E-state index contributed by atoms with van der Waals surface area (Å²) in [6.07, 6.45) is 8.29. The van der Waals surface area contributed by atoms with Gasteiger partial charge in [0, 0.05) is 18.6 Å². The molecule has 2 fully saturated rings. The molecule has 2 atom stereocenters. The van der Waals surface area contributed by atoms with Crippen molar-refractivity contribution in [2.45, 2.75) is 64.1 Å². The smallest absolute Gasteiger partial charge is 0.0233 e. The van der Waals surface area contributed by atoms with Gasteiger partial charge in [0.1, 0.15) is 0 Å². The fourth-order valence-corrected chi connectivity index (χ4v) is 4.02. The lowest BCUT2D eigenvalue weighted by molar-refractivity contribution is 0.172. The van der Waals surface area contributed by atoms with Gasteiger partial charge in [0.25, 0.3) is 0 Å². The Hall–Kier alpha value is -0.860. The molecule has 1 aliphatic heterocycles. The lowest BCUT2D eigenvalue weighted by atomic mass is 9.86. The monoisotopic (exact) mass is 286 g/mol. The predicted octanol–water partition coefficient (Wildman–Crippen LogP) is 3.82. The molecular formula is C19H30N2. The van der Waals surface area contributed by atoms with Crippen LogP contribution in [0.4, 0.5) is 0 Å². The maximum atomic E-state index is 3.95. The van der Waals surface area contributed by atoms with E-state index in [1.165, 1.54) is 57.2 Å². The van der Waals surface area contributed by atoms with Crippen LogP contribution in [0.2, 0.25) is 0 Å². The Bertz CT molecular complexity index is 409. The second kappa shape index (κ2) is 7.42. The number of rotatable bonds is 4. The second-order valence-electron chi connectivity index (χ2n) is 7.17. The van der Waals surface area contributed by atoms with Gasteiger partial charge in [-0.25, -0.2) is 0 Å². The average molecular weight is 286 g/mol. The van der Waals surface area contributed by atoms with E-state index >= 15 is 0 Å². The molecule has 1 aromatic carbocycles. The van der Waals surface area contributed by atoms with E-state index in [0.29, 0.717) is 0 Å². The van der Waals surface area contributed by atoms with E-state index in [4.69, 9.17) is 0 Å². The minimum Gasteiger partial charge on any atom is -0.311 e. The molecule has 1 N–H and O–H groups in total. The SMILES string of the molecule is C[C@H]1CCC[C@H](NC2CCN(Cc3ccccc3)CC2)C1. The summed E-state index contributed by atoms with van der Waals surface area (Å²) in [5.74, 6) is 0.925. The minimum atomic E-state index is 0.757. The molecule has 0 spiro atoms. The molecule has 0 unspecified atom stereocenters. The van der Waals surface area contributed by atoms with Gasteiger partial charge in [-0.15, -0.1) is 0 Å². The molecule has 21 heavy (non-hydrogen) atoms. The molecule has 0 amide bonds. The van der Waals surface area contributed by atoms with Gasteiger partial charge in [-0.3, -0.25) is 4.90 Å². The summed E-state index contributed by atoms with van der Waals surface area (Å²) in [7, 11) is 0. The fourth-order valence-electron chi connectivity index (χ4n) is 4.02. The van der Waals surface area contributed by atoms with Gasteiger partial charge in [0.2, 0.25) is 0 Å². The number of hydrogen-bond acceptors (Lipinski definition) is 2. The molecule has 0 radical (unpaired) electrons. The van der Waals surface area contributed by atoms with Gasteiger partial charge in [0.05, 0.1) is 0 Å². The first-order chi connectivity index (χ1) is 10.3. The normalized spacial score (nSPS) is 28.6. The summed E-state index contributed by atoms with van der Waals surface area (Å²) in [5, 5.41) is 3.95. The molecule has 116 valence electrons. The third kappa shape index (κ3) is 4.55. The van der Waals surface area contributed by atoms with Crippen LogP contribution >= 0.6 is 0 Å². The zero-order valence-electron chi connectivity index (χ0n) is 13.4. The van der Waals surface area contributed by atoms with E-state index < -0.39 is 0 Å². The van der Waals surface area contributed by atoms with Crippen LogP contribution in [0, 0.1) is 5.92 Å². The predicted molar refractivity (Wildman–Crippen MR) is 89.3 cm³/mol. The Morgan fingerprint density at radius 3 is 2.48 bits per heavy atom. The third-order valence-corrected chi connectivity index (χ3v) is 5.24. The molecule has 2 aliphatic rings. The van der Waals surface area contributed by atoms with Crippen molar-refractivity contribution >= 4 is 0 Å². The molecule has 3 rings (SSSR count).